The molecule has 3 aromatic carbocycles. The number of halogens is 3. The van der Waals surface area contributed by atoms with Gasteiger partial charge in [0.25, 0.3) is 5.91 Å². The summed E-state index contributed by atoms with van der Waals surface area (Å²) in [7, 11) is 1.54. The zero-order chi connectivity index (χ0) is 22.9. The second-order valence-corrected chi connectivity index (χ2v) is 7.86. The monoisotopic (exact) mass is 516 g/mol. The summed E-state index contributed by atoms with van der Waals surface area (Å²) in [6, 6.07) is 16.7. The van der Waals surface area contributed by atoms with Crippen molar-refractivity contribution in [2.45, 2.75) is 6.61 Å². The standard InChI is InChI=1S/C24H19BrClFN2O3/c1-31-22-13-18(12-21(25)24(22)32-15-17-2-7-19(26)8-3-17)14-28-29-23(30)11-6-16-4-9-20(27)10-5-16/h2-14H,15H2,1H3,(H,29,30)/b11-6+,28-14-. The fraction of sp³-hybridized carbons (Fsp3) is 0.0833. The van der Waals surface area contributed by atoms with Crippen molar-refractivity contribution >= 4 is 45.7 Å². The number of rotatable bonds is 8. The first kappa shape index (κ1) is 23.5. The van der Waals surface area contributed by atoms with E-state index in [1.54, 1.807) is 49.6 Å². The molecule has 32 heavy (non-hydrogen) atoms. The van der Waals surface area contributed by atoms with Gasteiger partial charge in [-0.2, -0.15) is 5.10 Å². The summed E-state index contributed by atoms with van der Waals surface area (Å²) in [6.45, 7) is 0.343. The first-order valence-electron chi connectivity index (χ1n) is 9.46. The Labute approximate surface area is 198 Å². The van der Waals surface area contributed by atoms with Gasteiger partial charge in [0.2, 0.25) is 0 Å². The van der Waals surface area contributed by atoms with Gasteiger partial charge in [0.1, 0.15) is 12.4 Å². The van der Waals surface area contributed by atoms with E-state index in [1.807, 2.05) is 12.1 Å². The quantitative estimate of drug-likeness (QED) is 0.227. The maximum Gasteiger partial charge on any atom is 0.264 e. The minimum atomic E-state index is -0.417. The van der Waals surface area contributed by atoms with E-state index in [0.29, 0.717) is 38.7 Å². The van der Waals surface area contributed by atoms with Crippen molar-refractivity contribution in [3.8, 4) is 11.5 Å². The van der Waals surface area contributed by atoms with Gasteiger partial charge >= 0.3 is 0 Å². The average molecular weight is 518 g/mol. The molecule has 0 radical (unpaired) electrons. The Morgan fingerprint density at radius 3 is 2.53 bits per heavy atom. The molecule has 0 unspecified atom stereocenters. The molecule has 1 N–H and O–H groups in total. The molecule has 0 atom stereocenters. The molecule has 0 aliphatic rings. The van der Waals surface area contributed by atoms with Crippen molar-refractivity contribution in [2.75, 3.05) is 7.11 Å². The van der Waals surface area contributed by atoms with Crippen LogP contribution in [0.3, 0.4) is 0 Å². The van der Waals surface area contributed by atoms with Gasteiger partial charge in [-0.3, -0.25) is 4.79 Å². The minimum Gasteiger partial charge on any atom is -0.493 e. The number of ether oxygens (including phenoxy) is 2. The molecule has 0 saturated heterocycles. The Kier molecular flexibility index (Phi) is 8.41. The lowest BCUT2D eigenvalue weighted by Crippen LogP contribution is -2.14. The molecule has 0 aliphatic heterocycles. The van der Waals surface area contributed by atoms with E-state index in [4.69, 9.17) is 21.1 Å². The Hall–Kier alpha value is -3.16. The number of hydrogen-bond donors (Lipinski definition) is 1. The average Bonchev–Trinajstić information content (AvgIpc) is 2.79. The zero-order valence-electron chi connectivity index (χ0n) is 17.0. The lowest BCUT2D eigenvalue weighted by atomic mass is 10.2. The highest BCUT2D eigenvalue weighted by Gasteiger charge is 2.11. The van der Waals surface area contributed by atoms with Crippen LogP contribution in [0.1, 0.15) is 16.7 Å². The lowest BCUT2D eigenvalue weighted by Gasteiger charge is -2.13. The number of hydrazone groups is 1. The predicted octanol–water partition coefficient (Wildman–Crippen LogP) is 5.99. The number of methoxy groups -OCH3 is 1. The lowest BCUT2D eigenvalue weighted by molar-refractivity contribution is -0.116. The Morgan fingerprint density at radius 2 is 1.84 bits per heavy atom. The van der Waals surface area contributed by atoms with E-state index >= 15 is 0 Å². The van der Waals surface area contributed by atoms with Gasteiger partial charge in [-0.1, -0.05) is 35.9 Å². The summed E-state index contributed by atoms with van der Waals surface area (Å²) in [5.41, 5.74) is 4.76. The number of benzene rings is 3. The molecule has 0 aromatic heterocycles. The highest BCUT2D eigenvalue weighted by molar-refractivity contribution is 9.10. The highest BCUT2D eigenvalue weighted by atomic mass is 79.9. The van der Waals surface area contributed by atoms with E-state index in [-0.39, 0.29) is 5.82 Å². The smallest absolute Gasteiger partial charge is 0.264 e. The molecule has 0 aliphatic carbocycles. The zero-order valence-corrected chi connectivity index (χ0v) is 19.4. The van der Waals surface area contributed by atoms with Crippen LogP contribution in [0.15, 0.2) is 76.3 Å². The summed E-state index contributed by atoms with van der Waals surface area (Å²) < 4.78 is 24.9. The van der Waals surface area contributed by atoms with Crippen LogP contribution in [-0.4, -0.2) is 19.2 Å². The third-order valence-corrected chi connectivity index (χ3v) is 5.07. The number of amides is 1. The van der Waals surface area contributed by atoms with Crippen molar-refractivity contribution in [1.82, 2.24) is 5.43 Å². The normalized spacial score (nSPS) is 11.1. The van der Waals surface area contributed by atoms with Crippen molar-refractivity contribution in [1.29, 1.82) is 0 Å². The summed E-state index contributed by atoms with van der Waals surface area (Å²) >= 11 is 9.40. The van der Waals surface area contributed by atoms with Gasteiger partial charge in [-0.05, 0) is 75.1 Å². The van der Waals surface area contributed by atoms with Crippen LogP contribution in [0, 0.1) is 5.82 Å². The van der Waals surface area contributed by atoms with E-state index in [2.05, 4.69) is 26.5 Å². The number of hydrogen-bond acceptors (Lipinski definition) is 4. The highest BCUT2D eigenvalue weighted by Crippen LogP contribution is 2.36. The molecule has 0 heterocycles. The summed E-state index contributed by atoms with van der Waals surface area (Å²) in [6.07, 6.45) is 4.37. The first-order chi connectivity index (χ1) is 15.4. The second-order valence-electron chi connectivity index (χ2n) is 6.57. The predicted molar refractivity (Wildman–Crippen MR) is 128 cm³/mol. The van der Waals surface area contributed by atoms with Gasteiger partial charge in [-0.15, -0.1) is 0 Å². The molecular weight excluding hydrogens is 499 g/mol. The van der Waals surface area contributed by atoms with Gasteiger partial charge in [0, 0.05) is 11.1 Å². The number of nitrogens with one attached hydrogen (secondary N) is 1. The number of carbonyl (C=O) groups excluding carboxylic acids is 1. The van der Waals surface area contributed by atoms with Crippen LogP contribution in [-0.2, 0) is 11.4 Å². The molecule has 1 amide bonds. The Morgan fingerprint density at radius 1 is 1.12 bits per heavy atom. The van der Waals surface area contributed by atoms with E-state index in [9.17, 15) is 9.18 Å². The van der Waals surface area contributed by atoms with Crippen LogP contribution in [0.5, 0.6) is 11.5 Å². The van der Waals surface area contributed by atoms with Crippen molar-refractivity contribution < 1.29 is 18.7 Å². The van der Waals surface area contributed by atoms with Crippen LogP contribution in [0.4, 0.5) is 4.39 Å². The third kappa shape index (κ3) is 6.93. The second kappa shape index (κ2) is 11.5. The first-order valence-corrected chi connectivity index (χ1v) is 10.6. The van der Waals surface area contributed by atoms with Gasteiger partial charge in [-0.25, -0.2) is 9.82 Å². The molecule has 3 rings (SSSR count). The van der Waals surface area contributed by atoms with Crippen LogP contribution in [0.25, 0.3) is 6.08 Å². The Bertz CT molecular complexity index is 1130. The molecular formula is C24H19BrClFN2O3. The van der Waals surface area contributed by atoms with Gasteiger partial charge < -0.3 is 9.47 Å². The maximum absolute atomic E-state index is 12.9. The van der Waals surface area contributed by atoms with Crippen molar-refractivity contribution in [3.63, 3.8) is 0 Å². The van der Waals surface area contributed by atoms with Crippen LogP contribution in [0.2, 0.25) is 5.02 Å². The van der Waals surface area contributed by atoms with E-state index in [1.165, 1.54) is 24.4 Å². The summed E-state index contributed by atoms with van der Waals surface area (Å²) in [5, 5.41) is 4.61. The van der Waals surface area contributed by atoms with Crippen LogP contribution >= 0.6 is 27.5 Å². The SMILES string of the molecule is COc1cc(/C=N\NC(=O)/C=C/c2ccc(F)cc2)cc(Br)c1OCc1ccc(Cl)cc1. The third-order valence-electron chi connectivity index (χ3n) is 4.23. The summed E-state index contributed by atoms with van der Waals surface area (Å²) in [5.74, 6) is 0.307. The molecule has 164 valence electrons. The molecule has 0 saturated carbocycles. The summed E-state index contributed by atoms with van der Waals surface area (Å²) in [4.78, 5) is 11.9. The largest absolute Gasteiger partial charge is 0.493 e. The molecule has 0 bridgehead atoms. The topological polar surface area (TPSA) is 59.9 Å². The number of nitrogens with zero attached hydrogens (tertiary/aromatic N) is 1. The molecule has 3 aromatic rings. The van der Waals surface area contributed by atoms with Crippen molar-refractivity contribution in [2.24, 2.45) is 5.10 Å². The molecule has 0 spiro atoms. The maximum atomic E-state index is 12.9. The Balaban J connectivity index is 1.61. The van der Waals surface area contributed by atoms with E-state index in [0.717, 1.165) is 5.56 Å². The fourth-order valence-corrected chi connectivity index (χ4v) is 3.34. The van der Waals surface area contributed by atoms with Gasteiger partial charge in [0.15, 0.2) is 11.5 Å². The molecule has 5 nitrogen and oxygen atoms in total. The molecule has 0 fully saturated rings. The number of carbonyl (C=O) groups is 1. The fourth-order valence-electron chi connectivity index (χ4n) is 2.64. The van der Waals surface area contributed by atoms with E-state index < -0.39 is 5.91 Å². The van der Waals surface area contributed by atoms with Crippen molar-refractivity contribution in [3.05, 3.63) is 98.7 Å². The van der Waals surface area contributed by atoms with Gasteiger partial charge in [0.05, 0.1) is 17.8 Å². The minimum absolute atomic E-state index is 0.334. The molecule has 8 heteroatoms. The van der Waals surface area contributed by atoms with Crippen LogP contribution < -0.4 is 14.9 Å².